The molecule has 1 aliphatic rings. The Bertz CT molecular complexity index is 236. The minimum Gasteiger partial charge on any atom is -0.467 e. The molecule has 0 aromatic heterocycles. The molecule has 1 fully saturated rings. The van der Waals surface area contributed by atoms with Crippen molar-refractivity contribution in [3.8, 4) is 0 Å². The van der Waals surface area contributed by atoms with Crippen molar-refractivity contribution < 1.29 is 19.1 Å². The molecule has 0 spiro atoms. The maximum absolute atomic E-state index is 11.6. The Labute approximate surface area is 89.1 Å². The number of carbonyl (C=O) groups is 2. The van der Waals surface area contributed by atoms with Gasteiger partial charge in [-0.1, -0.05) is 0 Å². The molecule has 0 aliphatic carbocycles. The second-order valence-electron chi connectivity index (χ2n) is 3.67. The maximum Gasteiger partial charge on any atom is 0.328 e. The molecule has 1 rings (SSSR count). The molecule has 1 saturated heterocycles. The van der Waals surface area contributed by atoms with Crippen LogP contribution in [0.25, 0.3) is 0 Å². The fourth-order valence-electron chi connectivity index (χ4n) is 1.51. The molecule has 1 aliphatic heterocycles. The largest absolute Gasteiger partial charge is 0.467 e. The number of nitrogens with one attached hydrogen (secondary N) is 1. The van der Waals surface area contributed by atoms with Crippen molar-refractivity contribution in [1.82, 2.24) is 5.32 Å². The van der Waals surface area contributed by atoms with E-state index in [0.29, 0.717) is 6.61 Å². The first-order valence-electron chi connectivity index (χ1n) is 5.11. The van der Waals surface area contributed by atoms with Crippen LogP contribution in [0.4, 0.5) is 0 Å². The number of esters is 1. The first-order valence-corrected chi connectivity index (χ1v) is 5.11. The van der Waals surface area contributed by atoms with E-state index in [9.17, 15) is 9.59 Å². The highest BCUT2D eigenvalue weighted by atomic mass is 16.5. The Morgan fingerprint density at radius 2 is 2.27 bits per heavy atom. The van der Waals surface area contributed by atoms with Gasteiger partial charge in [-0.3, -0.25) is 4.79 Å². The summed E-state index contributed by atoms with van der Waals surface area (Å²) < 4.78 is 9.71. The number of methoxy groups -OCH3 is 1. The first-order chi connectivity index (χ1) is 7.15. The van der Waals surface area contributed by atoms with Crippen molar-refractivity contribution in [2.75, 3.05) is 20.3 Å². The molecule has 0 radical (unpaired) electrons. The van der Waals surface area contributed by atoms with Gasteiger partial charge in [0.1, 0.15) is 6.04 Å². The minimum absolute atomic E-state index is 0.132. The number of carbonyl (C=O) groups excluding carboxylic acids is 2. The minimum atomic E-state index is -0.593. The van der Waals surface area contributed by atoms with Crippen molar-refractivity contribution >= 4 is 11.9 Å². The van der Waals surface area contributed by atoms with Gasteiger partial charge < -0.3 is 14.8 Å². The Hall–Kier alpha value is -1.10. The molecule has 0 saturated carbocycles. The van der Waals surface area contributed by atoms with Crippen LogP contribution in [-0.4, -0.2) is 38.2 Å². The Kier molecular flexibility index (Phi) is 4.55. The molecular weight excluding hydrogens is 198 g/mol. The van der Waals surface area contributed by atoms with E-state index in [1.165, 1.54) is 7.11 Å². The van der Waals surface area contributed by atoms with E-state index in [1.54, 1.807) is 6.92 Å². The highest BCUT2D eigenvalue weighted by Gasteiger charge is 2.24. The summed E-state index contributed by atoms with van der Waals surface area (Å²) in [6.45, 7) is 2.77. The van der Waals surface area contributed by atoms with Crippen LogP contribution in [0.3, 0.4) is 0 Å². The van der Waals surface area contributed by atoms with Crippen LogP contribution >= 0.6 is 0 Å². The molecule has 15 heavy (non-hydrogen) atoms. The van der Waals surface area contributed by atoms with Gasteiger partial charge in [0.15, 0.2) is 0 Å². The lowest BCUT2D eigenvalue weighted by Crippen LogP contribution is -2.44. The van der Waals surface area contributed by atoms with E-state index in [1.807, 2.05) is 0 Å². The molecule has 0 bridgehead atoms. The van der Waals surface area contributed by atoms with Crippen LogP contribution in [0.2, 0.25) is 0 Å². The Morgan fingerprint density at radius 3 is 2.80 bits per heavy atom. The summed E-state index contributed by atoms with van der Waals surface area (Å²) >= 11 is 0. The van der Waals surface area contributed by atoms with E-state index in [-0.39, 0.29) is 11.8 Å². The van der Waals surface area contributed by atoms with Crippen molar-refractivity contribution in [3.63, 3.8) is 0 Å². The molecule has 1 amide bonds. The zero-order chi connectivity index (χ0) is 11.3. The smallest absolute Gasteiger partial charge is 0.328 e. The lowest BCUT2D eigenvalue weighted by molar-refractivity contribution is -0.145. The van der Waals surface area contributed by atoms with Crippen LogP contribution in [0.5, 0.6) is 0 Å². The van der Waals surface area contributed by atoms with Crippen LogP contribution < -0.4 is 5.32 Å². The monoisotopic (exact) mass is 215 g/mol. The summed E-state index contributed by atoms with van der Waals surface area (Å²) in [5, 5.41) is 2.61. The molecule has 0 aromatic rings. The molecule has 5 nitrogen and oxygen atoms in total. The first kappa shape index (κ1) is 12.0. The van der Waals surface area contributed by atoms with Crippen LogP contribution in [0.1, 0.15) is 19.8 Å². The highest BCUT2D eigenvalue weighted by Crippen LogP contribution is 2.13. The van der Waals surface area contributed by atoms with Crippen LogP contribution in [-0.2, 0) is 19.1 Å². The van der Waals surface area contributed by atoms with Gasteiger partial charge in [-0.25, -0.2) is 4.79 Å². The van der Waals surface area contributed by atoms with E-state index < -0.39 is 12.0 Å². The standard InChI is InChI=1S/C10H17NO4/c1-7(10(13)14-2)11-9(12)8-4-3-5-15-6-8/h7-8H,3-6H2,1-2H3,(H,11,12). The van der Waals surface area contributed by atoms with Crippen molar-refractivity contribution in [2.45, 2.75) is 25.8 Å². The van der Waals surface area contributed by atoms with E-state index >= 15 is 0 Å². The third kappa shape index (κ3) is 3.51. The van der Waals surface area contributed by atoms with Gasteiger partial charge in [-0.15, -0.1) is 0 Å². The molecule has 1 heterocycles. The molecule has 86 valence electrons. The van der Waals surface area contributed by atoms with Crippen molar-refractivity contribution in [2.24, 2.45) is 5.92 Å². The Balaban J connectivity index is 2.36. The highest BCUT2D eigenvalue weighted by molar-refractivity contribution is 5.85. The summed E-state index contributed by atoms with van der Waals surface area (Å²) in [4.78, 5) is 22.7. The second-order valence-corrected chi connectivity index (χ2v) is 3.67. The number of rotatable bonds is 3. The fourth-order valence-corrected chi connectivity index (χ4v) is 1.51. The number of hydrogen-bond acceptors (Lipinski definition) is 4. The third-order valence-corrected chi connectivity index (χ3v) is 2.44. The molecule has 2 atom stereocenters. The van der Waals surface area contributed by atoms with Gasteiger partial charge in [0.2, 0.25) is 5.91 Å². The molecular formula is C10H17NO4. The number of ether oxygens (including phenoxy) is 2. The van der Waals surface area contributed by atoms with Crippen LogP contribution in [0.15, 0.2) is 0 Å². The summed E-state index contributed by atoms with van der Waals surface area (Å²) in [7, 11) is 1.30. The van der Waals surface area contributed by atoms with Gasteiger partial charge in [-0.2, -0.15) is 0 Å². The summed E-state index contributed by atoms with van der Waals surface area (Å²) in [6.07, 6.45) is 1.71. The van der Waals surface area contributed by atoms with E-state index in [2.05, 4.69) is 10.1 Å². The lowest BCUT2D eigenvalue weighted by Gasteiger charge is -2.22. The number of hydrogen-bond donors (Lipinski definition) is 1. The van der Waals surface area contributed by atoms with Crippen molar-refractivity contribution in [3.05, 3.63) is 0 Å². The van der Waals surface area contributed by atoms with Crippen molar-refractivity contribution in [1.29, 1.82) is 0 Å². The van der Waals surface area contributed by atoms with Gasteiger partial charge in [0.25, 0.3) is 0 Å². The third-order valence-electron chi connectivity index (χ3n) is 2.44. The second kappa shape index (κ2) is 5.70. The predicted octanol–water partition coefficient (Wildman–Crippen LogP) is 0.0907. The van der Waals surface area contributed by atoms with Gasteiger partial charge in [0.05, 0.1) is 19.6 Å². The number of amides is 1. The zero-order valence-corrected chi connectivity index (χ0v) is 9.12. The predicted molar refractivity (Wildman–Crippen MR) is 53.2 cm³/mol. The maximum atomic E-state index is 11.6. The average Bonchev–Trinajstić information content (AvgIpc) is 2.29. The zero-order valence-electron chi connectivity index (χ0n) is 9.12. The average molecular weight is 215 g/mol. The molecule has 2 unspecified atom stereocenters. The molecule has 1 N–H and O–H groups in total. The Morgan fingerprint density at radius 1 is 1.53 bits per heavy atom. The van der Waals surface area contributed by atoms with Gasteiger partial charge >= 0.3 is 5.97 Å². The van der Waals surface area contributed by atoms with E-state index in [0.717, 1.165) is 19.4 Å². The summed E-state index contributed by atoms with van der Waals surface area (Å²) in [6, 6.07) is -0.593. The normalized spacial score (nSPS) is 22.9. The quantitative estimate of drug-likeness (QED) is 0.678. The summed E-state index contributed by atoms with van der Waals surface area (Å²) in [5.41, 5.74) is 0. The SMILES string of the molecule is COC(=O)C(C)NC(=O)C1CCCOC1. The lowest BCUT2D eigenvalue weighted by atomic mass is 10.0. The van der Waals surface area contributed by atoms with Crippen LogP contribution in [0, 0.1) is 5.92 Å². The van der Waals surface area contributed by atoms with Gasteiger partial charge in [-0.05, 0) is 19.8 Å². The topological polar surface area (TPSA) is 64.6 Å². The molecule has 0 aromatic carbocycles. The fraction of sp³-hybridized carbons (Fsp3) is 0.800. The molecule has 5 heteroatoms. The van der Waals surface area contributed by atoms with E-state index in [4.69, 9.17) is 4.74 Å². The summed E-state index contributed by atoms with van der Waals surface area (Å²) in [5.74, 6) is -0.696. The van der Waals surface area contributed by atoms with Gasteiger partial charge in [0, 0.05) is 6.61 Å².